The Hall–Kier alpha value is -1.48. The molecule has 1 unspecified atom stereocenters. The van der Waals surface area contributed by atoms with Gasteiger partial charge >= 0.3 is 0 Å². The molecule has 1 heterocycles. The molecule has 0 radical (unpaired) electrons. The van der Waals surface area contributed by atoms with E-state index in [4.69, 9.17) is 9.47 Å². The predicted octanol–water partition coefficient (Wildman–Crippen LogP) is 3.21. The number of hydrogen-bond acceptors (Lipinski definition) is 7. The fraction of sp³-hybridized carbons (Fsp3) is 0.438. The quantitative estimate of drug-likeness (QED) is 0.395. The summed E-state index contributed by atoms with van der Waals surface area (Å²) in [6.07, 6.45) is -0.560. The molecule has 0 aliphatic heterocycles. The molecule has 8 heteroatoms. The zero-order chi connectivity index (χ0) is 17.2. The largest absolute Gasteiger partial charge is 0.379 e. The molecule has 0 spiro atoms. The first-order chi connectivity index (χ1) is 11.7. The van der Waals surface area contributed by atoms with Gasteiger partial charge in [-0.25, -0.2) is 0 Å². The van der Waals surface area contributed by atoms with E-state index in [2.05, 4.69) is 27.6 Å². The van der Waals surface area contributed by atoms with Crippen molar-refractivity contribution in [2.24, 2.45) is 0 Å². The Bertz CT molecular complexity index is 622. The second-order valence-corrected chi connectivity index (χ2v) is 7.05. The molecule has 1 amide bonds. The topological polar surface area (TPSA) is 73.3 Å². The number of benzene rings is 1. The third-order valence-corrected chi connectivity index (χ3v) is 5.05. The first-order valence-corrected chi connectivity index (χ1v) is 9.49. The van der Waals surface area contributed by atoms with Crippen LogP contribution >= 0.6 is 23.1 Å². The lowest BCUT2D eigenvalue weighted by molar-refractivity contribution is -0.127. The molecule has 1 aromatic carbocycles. The fourth-order valence-corrected chi connectivity index (χ4v) is 3.46. The summed E-state index contributed by atoms with van der Waals surface area (Å²) >= 11 is 2.95. The van der Waals surface area contributed by atoms with Crippen LogP contribution in [0.3, 0.4) is 0 Å². The first kappa shape index (κ1) is 18.9. The van der Waals surface area contributed by atoms with Crippen molar-refractivity contribution in [2.75, 3.05) is 25.1 Å². The summed E-state index contributed by atoms with van der Waals surface area (Å²) in [6, 6.07) is 10.1. The van der Waals surface area contributed by atoms with Crippen molar-refractivity contribution in [3.05, 3.63) is 35.9 Å². The molecular weight excluding hydrogens is 346 g/mol. The van der Waals surface area contributed by atoms with Crippen LogP contribution in [-0.4, -0.2) is 42.0 Å². The third-order valence-electron chi connectivity index (χ3n) is 3.01. The average Bonchev–Trinajstić information content (AvgIpc) is 3.05. The number of ether oxygens (including phenoxy) is 2. The molecule has 2 rings (SSSR count). The maximum atomic E-state index is 12.0. The number of aromatic nitrogens is 2. The molecule has 0 saturated carbocycles. The second-order valence-electron chi connectivity index (χ2n) is 4.85. The maximum Gasteiger partial charge on any atom is 0.255 e. The molecule has 6 nitrogen and oxygen atoms in total. The van der Waals surface area contributed by atoms with Crippen molar-refractivity contribution in [2.45, 2.75) is 30.0 Å². The van der Waals surface area contributed by atoms with Crippen LogP contribution in [0, 0.1) is 0 Å². The molecule has 1 atom stereocenters. The minimum absolute atomic E-state index is 0.234. The fourth-order valence-electron chi connectivity index (χ4n) is 1.75. The molecule has 2 aromatic rings. The van der Waals surface area contributed by atoms with Crippen LogP contribution in [0.1, 0.15) is 19.4 Å². The number of nitrogens with one attached hydrogen (secondary N) is 1. The number of carbonyl (C=O) groups is 1. The average molecular weight is 367 g/mol. The standard InChI is InChI=1S/C16H21N3O3S2/c1-3-21-9-10-22-12(2)14(20)17-15-18-19-16(24-15)23-11-13-7-5-4-6-8-13/h4-8,12H,3,9-11H2,1-2H3,(H,17,18,20). The summed E-state index contributed by atoms with van der Waals surface area (Å²) < 4.78 is 11.4. The van der Waals surface area contributed by atoms with Crippen LogP contribution in [0.4, 0.5) is 5.13 Å². The van der Waals surface area contributed by atoms with Gasteiger partial charge in [0.15, 0.2) is 4.34 Å². The Morgan fingerprint density at radius 2 is 2.08 bits per heavy atom. The zero-order valence-electron chi connectivity index (χ0n) is 13.7. The van der Waals surface area contributed by atoms with Crippen molar-refractivity contribution < 1.29 is 14.3 Å². The number of thioether (sulfide) groups is 1. The SMILES string of the molecule is CCOCCOC(C)C(=O)Nc1nnc(SCc2ccccc2)s1. The van der Waals surface area contributed by atoms with Gasteiger partial charge in [0, 0.05) is 12.4 Å². The first-order valence-electron chi connectivity index (χ1n) is 7.69. The Morgan fingerprint density at radius 3 is 2.83 bits per heavy atom. The smallest absolute Gasteiger partial charge is 0.255 e. The van der Waals surface area contributed by atoms with Crippen molar-refractivity contribution in [1.82, 2.24) is 10.2 Å². The van der Waals surface area contributed by atoms with Gasteiger partial charge in [-0.3, -0.25) is 10.1 Å². The Kier molecular flexibility index (Phi) is 8.17. The van der Waals surface area contributed by atoms with E-state index in [9.17, 15) is 4.79 Å². The molecule has 1 aromatic heterocycles. The molecule has 1 N–H and O–H groups in total. The van der Waals surface area contributed by atoms with Gasteiger partial charge in [-0.2, -0.15) is 0 Å². The van der Waals surface area contributed by atoms with E-state index < -0.39 is 6.10 Å². The lowest BCUT2D eigenvalue weighted by Gasteiger charge is -2.11. The van der Waals surface area contributed by atoms with Gasteiger partial charge in [0.05, 0.1) is 13.2 Å². The van der Waals surface area contributed by atoms with Crippen molar-refractivity contribution >= 4 is 34.1 Å². The molecule has 0 bridgehead atoms. The summed E-state index contributed by atoms with van der Waals surface area (Å²) in [5.74, 6) is 0.586. The van der Waals surface area contributed by atoms with E-state index in [1.165, 1.54) is 16.9 Å². The molecule has 0 fully saturated rings. The van der Waals surface area contributed by atoms with E-state index >= 15 is 0 Å². The minimum atomic E-state index is -0.560. The highest BCUT2D eigenvalue weighted by Gasteiger charge is 2.15. The van der Waals surface area contributed by atoms with Crippen molar-refractivity contribution in [3.8, 4) is 0 Å². The van der Waals surface area contributed by atoms with E-state index in [1.54, 1.807) is 18.7 Å². The number of hydrogen-bond donors (Lipinski definition) is 1. The van der Waals surface area contributed by atoms with Crippen LogP contribution in [-0.2, 0) is 20.0 Å². The van der Waals surface area contributed by atoms with Gasteiger partial charge in [-0.15, -0.1) is 10.2 Å². The van der Waals surface area contributed by atoms with Gasteiger partial charge in [0.1, 0.15) is 6.10 Å². The highest BCUT2D eigenvalue weighted by molar-refractivity contribution is 8.00. The van der Waals surface area contributed by atoms with Crippen molar-refractivity contribution in [1.29, 1.82) is 0 Å². The van der Waals surface area contributed by atoms with E-state index in [0.29, 0.717) is 25.0 Å². The minimum Gasteiger partial charge on any atom is -0.379 e. The van der Waals surface area contributed by atoms with E-state index in [1.807, 2.05) is 25.1 Å². The predicted molar refractivity (Wildman–Crippen MR) is 96.4 cm³/mol. The molecule has 0 aliphatic rings. The van der Waals surface area contributed by atoms with Crippen LogP contribution in [0.5, 0.6) is 0 Å². The summed E-state index contributed by atoms with van der Waals surface area (Å²) in [5, 5.41) is 11.3. The van der Waals surface area contributed by atoms with Gasteiger partial charge in [0.2, 0.25) is 5.13 Å². The molecule has 0 aliphatic carbocycles. The molecular formula is C16H21N3O3S2. The van der Waals surface area contributed by atoms with Gasteiger partial charge < -0.3 is 9.47 Å². The van der Waals surface area contributed by atoms with Crippen LogP contribution in [0.15, 0.2) is 34.7 Å². The summed E-state index contributed by atoms with van der Waals surface area (Å²) in [4.78, 5) is 12.0. The Morgan fingerprint density at radius 1 is 1.29 bits per heavy atom. The van der Waals surface area contributed by atoms with Crippen LogP contribution < -0.4 is 5.32 Å². The number of anilines is 1. The highest BCUT2D eigenvalue weighted by Crippen LogP contribution is 2.28. The molecule has 0 saturated heterocycles. The number of amides is 1. The van der Waals surface area contributed by atoms with Crippen LogP contribution in [0.25, 0.3) is 0 Å². The Labute approximate surface area is 150 Å². The monoisotopic (exact) mass is 367 g/mol. The normalized spacial score (nSPS) is 12.1. The van der Waals surface area contributed by atoms with Gasteiger partial charge in [0.25, 0.3) is 5.91 Å². The molecule has 24 heavy (non-hydrogen) atoms. The number of nitrogens with zero attached hydrogens (tertiary/aromatic N) is 2. The lowest BCUT2D eigenvalue weighted by Crippen LogP contribution is -2.28. The maximum absolute atomic E-state index is 12.0. The van der Waals surface area contributed by atoms with Gasteiger partial charge in [-0.05, 0) is 19.4 Å². The summed E-state index contributed by atoms with van der Waals surface area (Å²) in [7, 11) is 0. The number of rotatable bonds is 10. The number of carbonyl (C=O) groups excluding carboxylic acids is 1. The second kappa shape index (κ2) is 10.4. The lowest BCUT2D eigenvalue weighted by atomic mass is 10.2. The van der Waals surface area contributed by atoms with Gasteiger partial charge in [-0.1, -0.05) is 53.4 Å². The Balaban J connectivity index is 1.75. The summed E-state index contributed by atoms with van der Waals surface area (Å²) in [6.45, 7) is 5.12. The zero-order valence-corrected chi connectivity index (χ0v) is 15.4. The van der Waals surface area contributed by atoms with Crippen molar-refractivity contribution in [3.63, 3.8) is 0 Å². The van der Waals surface area contributed by atoms with E-state index in [0.717, 1.165) is 10.1 Å². The van der Waals surface area contributed by atoms with E-state index in [-0.39, 0.29) is 5.91 Å². The molecule has 130 valence electrons. The third kappa shape index (κ3) is 6.56. The highest BCUT2D eigenvalue weighted by atomic mass is 32.2. The summed E-state index contributed by atoms with van der Waals surface area (Å²) in [5.41, 5.74) is 1.22. The van der Waals surface area contributed by atoms with Crippen LogP contribution in [0.2, 0.25) is 0 Å².